The lowest BCUT2D eigenvalue weighted by Gasteiger charge is -2.38. The van der Waals surface area contributed by atoms with Crippen LogP contribution < -0.4 is 5.32 Å². The molecule has 0 fully saturated rings. The molecule has 0 spiro atoms. The van der Waals surface area contributed by atoms with Crippen molar-refractivity contribution in [1.82, 2.24) is 5.32 Å². The van der Waals surface area contributed by atoms with Gasteiger partial charge in [0.15, 0.2) is 5.78 Å². The number of methoxy groups -OCH3 is 1. The molecule has 1 heterocycles. The van der Waals surface area contributed by atoms with Gasteiger partial charge in [-0.1, -0.05) is 26.0 Å². The van der Waals surface area contributed by atoms with E-state index in [0.717, 1.165) is 5.75 Å². The number of nitrogens with one attached hydrogen (secondary N) is 1. The second-order valence-electron chi connectivity index (χ2n) is 8.22. The number of allylic oxidation sites excluding steroid dienone is 3. The summed E-state index contributed by atoms with van der Waals surface area (Å²) >= 11 is 1.63. The molecule has 1 aliphatic heterocycles. The first-order chi connectivity index (χ1) is 16.2. The zero-order valence-electron chi connectivity index (χ0n) is 19.6. The number of ketones is 1. The van der Waals surface area contributed by atoms with Crippen LogP contribution in [0.25, 0.3) is 0 Å². The minimum absolute atomic E-state index is 0.163. The molecule has 0 radical (unpaired) electrons. The number of non-ortho nitro benzene ring substituents is 1. The lowest BCUT2D eigenvalue weighted by Crippen LogP contribution is -2.43. The van der Waals surface area contributed by atoms with Crippen molar-refractivity contribution in [2.75, 3.05) is 25.2 Å². The molecule has 10 heteroatoms. The number of rotatable bonds is 8. The molecule has 0 saturated heterocycles. The number of Topliss-reactive ketones (excluding diaryl/α,β-unsaturated/α-hetero) is 1. The lowest BCUT2D eigenvalue weighted by atomic mass is 9.69. The molecule has 1 aromatic carbocycles. The Morgan fingerprint density at radius 3 is 2.71 bits per heavy atom. The summed E-state index contributed by atoms with van der Waals surface area (Å²) in [6.45, 7) is 5.70. The van der Waals surface area contributed by atoms with E-state index in [-0.39, 0.29) is 29.4 Å². The number of ether oxygens (including phenoxy) is 2. The van der Waals surface area contributed by atoms with E-state index in [2.05, 4.69) is 5.32 Å². The lowest BCUT2D eigenvalue weighted by molar-refractivity contribution is -0.384. The van der Waals surface area contributed by atoms with Gasteiger partial charge in [-0.25, -0.2) is 4.79 Å². The highest BCUT2D eigenvalue weighted by atomic mass is 32.2. The Morgan fingerprint density at radius 1 is 1.32 bits per heavy atom. The maximum Gasteiger partial charge on any atom is 0.336 e. The van der Waals surface area contributed by atoms with Gasteiger partial charge in [-0.15, -0.1) is 0 Å². The predicted molar refractivity (Wildman–Crippen MR) is 127 cm³/mol. The van der Waals surface area contributed by atoms with Gasteiger partial charge in [-0.2, -0.15) is 11.8 Å². The molecule has 0 amide bonds. The second-order valence-corrected chi connectivity index (χ2v) is 9.61. The third-order valence-electron chi connectivity index (χ3n) is 6.04. The first-order valence-corrected chi connectivity index (χ1v) is 12.2. The number of carbonyl (C=O) groups excluding carboxylic acids is 3. The van der Waals surface area contributed by atoms with E-state index in [1.165, 1.54) is 25.3 Å². The zero-order valence-corrected chi connectivity index (χ0v) is 20.4. The Morgan fingerprint density at radius 2 is 2.06 bits per heavy atom. The van der Waals surface area contributed by atoms with Crippen LogP contribution in [0.3, 0.4) is 0 Å². The topological polar surface area (TPSA) is 125 Å². The molecule has 1 aliphatic carbocycles. The van der Waals surface area contributed by atoms with Crippen LogP contribution in [0.4, 0.5) is 5.69 Å². The van der Waals surface area contributed by atoms with Crippen LogP contribution in [0, 0.1) is 22.0 Å². The number of hydrogen-bond donors (Lipinski definition) is 1. The second kappa shape index (κ2) is 10.9. The van der Waals surface area contributed by atoms with E-state index < -0.39 is 34.5 Å². The number of hydrogen-bond acceptors (Lipinski definition) is 9. The summed E-state index contributed by atoms with van der Waals surface area (Å²) in [6.07, 6.45) is 0.388. The maximum absolute atomic E-state index is 13.6. The molecule has 9 nitrogen and oxygen atoms in total. The minimum Gasteiger partial charge on any atom is -0.468 e. The summed E-state index contributed by atoms with van der Waals surface area (Å²) in [5, 5.41) is 14.6. The molecule has 0 bridgehead atoms. The zero-order chi connectivity index (χ0) is 25.0. The van der Waals surface area contributed by atoms with Gasteiger partial charge >= 0.3 is 11.9 Å². The van der Waals surface area contributed by atoms with Gasteiger partial charge in [0, 0.05) is 40.8 Å². The molecule has 1 N–H and O–H groups in total. The van der Waals surface area contributed by atoms with Gasteiger partial charge in [0.2, 0.25) is 0 Å². The van der Waals surface area contributed by atoms with Crippen molar-refractivity contribution >= 4 is 35.2 Å². The summed E-state index contributed by atoms with van der Waals surface area (Å²) < 4.78 is 10.4. The summed E-state index contributed by atoms with van der Waals surface area (Å²) in [7, 11) is 1.23. The number of nitro groups is 1. The van der Waals surface area contributed by atoms with E-state index in [9.17, 15) is 24.5 Å². The van der Waals surface area contributed by atoms with Crippen LogP contribution in [0.5, 0.6) is 0 Å². The van der Waals surface area contributed by atoms with Crippen molar-refractivity contribution in [2.24, 2.45) is 11.8 Å². The molecule has 34 heavy (non-hydrogen) atoms. The van der Waals surface area contributed by atoms with Crippen LogP contribution >= 0.6 is 11.8 Å². The van der Waals surface area contributed by atoms with E-state index in [1.807, 2.05) is 6.92 Å². The van der Waals surface area contributed by atoms with Crippen molar-refractivity contribution in [1.29, 1.82) is 0 Å². The van der Waals surface area contributed by atoms with Crippen LogP contribution in [-0.4, -0.2) is 47.9 Å². The minimum atomic E-state index is -1.02. The molecule has 182 valence electrons. The van der Waals surface area contributed by atoms with Crippen molar-refractivity contribution < 1.29 is 28.8 Å². The fraction of sp³-hybridized carbons (Fsp3) is 0.458. The molecule has 3 rings (SSSR count). The summed E-state index contributed by atoms with van der Waals surface area (Å²) in [5.41, 5.74) is 1.81. The molecule has 0 unspecified atom stereocenters. The summed E-state index contributed by atoms with van der Waals surface area (Å²) in [5.74, 6) is -2.45. The third-order valence-corrected chi connectivity index (χ3v) is 6.91. The van der Waals surface area contributed by atoms with Gasteiger partial charge < -0.3 is 14.8 Å². The van der Waals surface area contributed by atoms with Gasteiger partial charge in [0.25, 0.3) is 5.69 Å². The third kappa shape index (κ3) is 5.01. The highest BCUT2D eigenvalue weighted by molar-refractivity contribution is 7.99. The van der Waals surface area contributed by atoms with Gasteiger partial charge in [0.1, 0.15) is 12.5 Å². The first kappa shape index (κ1) is 25.5. The standard InChI is InChI=1S/C24H28N2O7S/c1-5-34-10-9-33-24(29)19-14(3)25-17-11-13(2)18(23(28)32-4)22(27)21(17)20(19)15-7-6-8-16(12-15)26(30)31/h6-8,12-13,18,20,25H,5,9-11H2,1-4H3/t13-,18+,20+/m0/s1. The van der Waals surface area contributed by atoms with E-state index >= 15 is 0 Å². The highest BCUT2D eigenvalue weighted by Crippen LogP contribution is 2.45. The number of benzene rings is 1. The van der Waals surface area contributed by atoms with E-state index in [4.69, 9.17) is 9.47 Å². The Balaban J connectivity index is 2.12. The Hall–Kier alpha value is -3.14. The van der Waals surface area contributed by atoms with Crippen LogP contribution in [0.2, 0.25) is 0 Å². The highest BCUT2D eigenvalue weighted by Gasteiger charge is 2.47. The predicted octanol–water partition coefficient (Wildman–Crippen LogP) is 3.50. The molecular formula is C24H28N2O7S. The van der Waals surface area contributed by atoms with Crippen molar-refractivity contribution in [3.05, 3.63) is 62.5 Å². The van der Waals surface area contributed by atoms with Crippen molar-refractivity contribution in [3.63, 3.8) is 0 Å². The molecule has 2 aliphatic rings. The Labute approximate surface area is 202 Å². The van der Waals surface area contributed by atoms with Crippen LogP contribution in [0.1, 0.15) is 38.7 Å². The van der Waals surface area contributed by atoms with Crippen LogP contribution in [-0.2, 0) is 23.9 Å². The Bertz CT molecular complexity index is 1080. The fourth-order valence-electron chi connectivity index (χ4n) is 4.52. The maximum atomic E-state index is 13.6. The van der Waals surface area contributed by atoms with Crippen molar-refractivity contribution in [3.8, 4) is 0 Å². The largest absolute Gasteiger partial charge is 0.468 e. The first-order valence-electron chi connectivity index (χ1n) is 11.0. The normalized spacial score (nSPS) is 22.1. The van der Waals surface area contributed by atoms with E-state index in [0.29, 0.717) is 29.1 Å². The smallest absolute Gasteiger partial charge is 0.336 e. The monoisotopic (exact) mass is 488 g/mol. The van der Waals surface area contributed by atoms with Gasteiger partial charge in [-0.3, -0.25) is 19.7 Å². The van der Waals surface area contributed by atoms with Gasteiger partial charge in [0.05, 0.1) is 17.6 Å². The number of nitro benzene ring substituents is 1. The van der Waals surface area contributed by atoms with E-state index in [1.54, 1.807) is 31.7 Å². The molecule has 0 aromatic heterocycles. The van der Waals surface area contributed by atoms with Gasteiger partial charge in [-0.05, 0) is 30.6 Å². The molecule has 0 saturated carbocycles. The number of thioether (sulfide) groups is 1. The molecular weight excluding hydrogens is 460 g/mol. The molecule has 1 aromatic rings. The average Bonchev–Trinajstić information content (AvgIpc) is 2.80. The number of nitrogens with zero attached hydrogens (tertiary/aromatic N) is 1. The fourth-order valence-corrected chi connectivity index (χ4v) is 5.01. The average molecular weight is 489 g/mol. The summed E-state index contributed by atoms with van der Waals surface area (Å²) in [6, 6.07) is 5.85. The van der Waals surface area contributed by atoms with Crippen LogP contribution in [0.15, 0.2) is 46.8 Å². The summed E-state index contributed by atoms with van der Waals surface area (Å²) in [4.78, 5) is 50.2. The van der Waals surface area contributed by atoms with Crippen molar-refractivity contribution in [2.45, 2.75) is 33.1 Å². The number of esters is 2. The molecule has 3 atom stereocenters. The SMILES string of the molecule is CCSCCOC(=O)C1=C(C)NC2=C(C(=O)[C@H](C(=O)OC)[C@@H](C)C2)[C@@H]1c1cccc([N+](=O)[O-])c1. The number of carbonyl (C=O) groups is 3. The number of dihydropyridines is 1. The Kier molecular flexibility index (Phi) is 8.14. The quantitative estimate of drug-likeness (QED) is 0.192.